The molecule has 144 valence electrons. The summed E-state index contributed by atoms with van der Waals surface area (Å²) in [5.74, 6) is 0.680. The number of anilines is 1. The molecule has 0 radical (unpaired) electrons. The summed E-state index contributed by atoms with van der Waals surface area (Å²) in [6.07, 6.45) is 6.59. The molecule has 7 heteroatoms. The van der Waals surface area contributed by atoms with E-state index < -0.39 is 9.84 Å². The molecular formula is C20H25N3O3S. The average Bonchev–Trinajstić information content (AvgIpc) is 2.66. The second kappa shape index (κ2) is 8.08. The number of benzene rings is 1. The second-order valence-corrected chi connectivity index (χ2v) is 9.02. The van der Waals surface area contributed by atoms with E-state index in [1.165, 1.54) is 31.4 Å². The SMILES string of the molecule is Cc1ccc(S(C)(=O)=O)cc1C(=O)NCc1ccc(N2CCCCC2)nc1. The Balaban J connectivity index is 1.65. The second-order valence-electron chi connectivity index (χ2n) is 7.00. The van der Waals surface area contributed by atoms with Gasteiger partial charge in [-0.2, -0.15) is 0 Å². The van der Waals surface area contributed by atoms with Crippen LogP contribution in [0.1, 0.15) is 40.7 Å². The van der Waals surface area contributed by atoms with Crippen molar-refractivity contribution in [3.05, 3.63) is 53.2 Å². The number of aryl methyl sites for hydroxylation is 1. The Kier molecular flexibility index (Phi) is 5.79. The fraction of sp³-hybridized carbons (Fsp3) is 0.400. The zero-order chi connectivity index (χ0) is 19.4. The quantitative estimate of drug-likeness (QED) is 0.853. The third kappa shape index (κ3) is 4.86. The molecule has 0 atom stereocenters. The summed E-state index contributed by atoms with van der Waals surface area (Å²) in [6.45, 7) is 4.21. The van der Waals surface area contributed by atoms with Gasteiger partial charge in [0.05, 0.1) is 4.90 Å². The lowest BCUT2D eigenvalue weighted by Crippen LogP contribution is -2.30. The fourth-order valence-electron chi connectivity index (χ4n) is 3.19. The zero-order valence-corrected chi connectivity index (χ0v) is 16.6. The number of nitrogens with zero attached hydrogens (tertiary/aromatic N) is 2. The standard InChI is InChI=1S/C20H25N3O3S/c1-15-6-8-17(27(2,25)26)12-18(15)20(24)22-14-16-7-9-19(21-13-16)23-10-4-3-5-11-23/h6-9,12-13H,3-5,10-11,14H2,1-2H3,(H,22,24). The first-order chi connectivity index (χ1) is 12.8. The predicted molar refractivity (Wildman–Crippen MR) is 106 cm³/mol. The maximum atomic E-state index is 12.5. The molecule has 3 rings (SSSR count). The number of carbonyl (C=O) groups excluding carboxylic acids is 1. The van der Waals surface area contributed by atoms with E-state index in [-0.39, 0.29) is 10.8 Å². The van der Waals surface area contributed by atoms with E-state index in [1.54, 1.807) is 19.2 Å². The molecule has 0 saturated carbocycles. The van der Waals surface area contributed by atoms with Crippen LogP contribution in [0.2, 0.25) is 0 Å². The Labute approximate surface area is 160 Å². The highest BCUT2D eigenvalue weighted by Gasteiger charge is 2.15. The number of aromatic nitrogens is 1. The van der Waals surface area contributed by atoms with Crippen molar-refractivity contribution in [2.24, 2.45) is 0 Å². The first kappa shape index (κ1) is 19.4. The van der Waals surface area contributed by atoms with Crippen molar-refractivity contribution in [2.75, 3.05) is 24.2 Å². The lowest BCUT2D eigenvalue weighted by molar-refractivity contribution is 0.0950. The highest BCUT2D eigenvalue weighted by atomic mass is 32.2. The first-order valence-electron chi connectivity index (χ1n) is 9.13. The lowest BCUT2D eigenvalue weighted by atomic mass is 10.1. The molecule has 1 N–H and O–H groups in total. The van der Waals surface area contributed by atoms with Crippen LogP contribution in [0.5, 0.6) is 0 Å². The summed E-state index contributed by atoms with van der Waals surface area (Å²) in [6, 6.07) is 8.56. The van der Waals surface area contributed by atoms with Crippen molar-refractivity contribution in [1.82, 2.24) is 10.3 Å². The van der Waals surface area contributed by atoms with E-state index in [1.807, 2.05) is 12.1 Å². The largest absolute Gasteiger partial charge is 0.357 e. The van der Waals surface area contributed by atoms with Gasteiger partial charge in [0.2, 0.25) is 0 Å². The number of nitrogens with one attached hydrogen (secondary N) is 1. The number of piperidine rings is 1. The average molecular weight is 388 g/mol. The van der Waals surface area contributed by atoms with Gasteiger partial charge in [-0.05, 0) is 55.5 Å². The Morgan fingerprint density at radius 3 is 2.52 bits per heavy atom. The summed E-state index contributed by atoms with van der Waals surface area (Å²) >= 11 is 0. The molecule has 1 saturated heterocycles. The lowest BCUT2D eigenvalue weighted by Gasteiger charge is -2.27. The summed E-state index contributed by atoms with van der Waals surface area (Å²) in [7, 11) is -3.35. The van der Waals surface area contributed by atoms with Gasteiger partial charge in [0, 0.05) is 37.7 Å². The van der Waals surface area contributed by atoms with Crippen molar-refractivity contribution < 1.29 is 13.2 Å². The molecule has 1 aromatic carbocycles. The molecule has 1 aromatic heterocycles. The minimum absolute atomic E-state index is 0.144. The van der Waals surface area contributed by atoms with E-state index in [9.17, 15) is 13.2 Å². The van der Waals surface area contributed by atoms with Gasteiger partial charge in [-0.3, -0.25) is 4.79 Å². The highest BCUT2D eigenvalue weighted by molar-refractivity contribution is 7.90. The molecule has 0 spiro atoms. The third-order valence-electron chi connectivity index (χ3n) is 4.82. The van der Waals surface area contributed by atoms with E-state index in [4.69, 9.17) is 0 Å². The van der Waals surface area contributed by atoms with Crippen LogP contribution in [-0.4, -0.2) is 38.7 Å². The van der Waals surface area contributed by atoms with Crippen LogP contribution < -0.4 is 10.2 Å². The van der Waals surface area contributed by atoms with Crippen molar-refractivity contribution in [2.45, 2.75) is 37.6 Å². The van der Waals surface area contributed by atoms with Gasteiger partial charge in [-0.25, -0.2) is 13.4 Å². The van der Waals surface area contributed by atoms with Crippen LogP contribution in [0.3, 0.4) is 0 Å². The molecule has 0 bridgehead atoms. The summed E-state index contributed by atoms with van der Waals surface area (Å²) in [5.41, 5.74) is 2.01. The molecule has 1 aliphatic rings. The van der Waals surface area contributed by atoms with Gasteiger partial charge in [-0.1, -0.05) is 12.1 Å². The molecule has 6 nitrogen and oxygen atoms in total. The minimum Gasteiger partial charge on any atom is -0.357 e. The Bertz CT molecular complexity index is 918. The molecular weight excluding hydrogens is 362 g/mol. The van der Waals surface area contributed by atoms with Crippen molar-refractivity contribution in [3.8, 4) is 0 Å². The Morgan fingerprint density at radius 1 is 1.15 bits per heavy atom. The maximum Gasteiger partial charge on any atom is 0.251 e. The third-order valence-corrected chi connectivity index (χ3v) is 5.93. The summed E-state index contributed by atoms with van der Waals surface area (Å²) in [4.78, 5) is 19.4. The normalized spacial score (nSPS) is 14.8. The number of amides is 1. The smallest absolute Gasteiger partial charge is 0.251 e. The monoisotopic (exact) mass is 387 g/mol. The fourth-order valence-corrected chi connectivity index (χ4v) is 3.83. The van der Waals surface area contributed by atoms with E-state index in [0.717, 1.165) is 36.3 Å². The predicted octanol–water partition coefficient (Wildman–Crippen LogP) is 2.71. The number of sulfone groups is 1. The van der Waals surface area contributed by atoms with Crippen LogP contribution in [0.4, 0.5) is 5.82 Å². The molecule has 27 heavy (non-hydrogen) atoms. The molecule has 1 fully saturated rings. The Morgan fingerprint density at radius 2 is 1.89 bits per heavy atom. The number of rotatable bonds is 5. The number of pyridine rings is 1. The number of hydrogen-bond acceptors (Lipinski definition) is 5. The van der Waals surface area contributed by atoms with Gasteiger partial charge in [0.15, 0.2) is 9.84 Å². The topological polar surface area (TPSA) is 79.4 Å². The number of carbonyl (C=O) groups is 1. The minimum atomic E-state index is -3.35. The van der Waals surface area contributed by atoms with E-state index in [2.05, 4.69) is 15.2 Å². The van der Waals surface area contributed by atoms with Crippen LogP contribution >= 0.6 is 0 Å². The number of hydrogen-bond donors (Lipinski definition) is 1. The van der Waals surface area contributed by atoms with Crippen LogP contribution in [-0.2, 0) is 16.4 Å². The van der Waals surface area contributed by atoms with Crippen LogP contribution in [0.25, 0.3) is 0 Å². The molecule has 1 amide bonds. The van der Waals surface area contributed by atoms with E-state index in [0.29, 0.717) is 12.1 Å². The van der Waals surface area contributed by atoms with Gasteiger partial charge in [-0.15, -0.1) is 0 Å². The van der Waals surface area contributed by atoms with Crippen LogP contribution in [0.15, 0.2) is 41.4 Å². The first-order valence-corrected chi connectivity index (χ1v) is 11.0. The molecule has 0 aliphatic carbocycles. The van der Waals surface area contributed by atoms with Crippen molar-refractivity contribution in [3.63, 3.8) is 0 Å². The van der Waals surface area contributed by atoms with Gasteiger partial charge >= 0.3 is 0 Å². The highest BCUT2D eigenvalue weighted by Crippen LogP contribution is 2.18. The Hall–Kier alpha value is -2.41. The van der Waals surface area contributed by atoms with Gasteiger partial charge < -0.3 is 10.2 Å². The van der Waals surface area contributed by atoms with Crippen molar-refractivity contribution >= 4 is 21.6 Å². The molecule has 2 aromatic rings. The zero-order valence-electron chi connectivity index (χ0n) is 15.7. The van der Waals surface area contributed by atoms with Gasteiger partial charge in [0.1, 0.15) is 5.82 Å². The van der Waals surface area contributed by atoms with Crippen molar-refractivity contribution in [1.29, 1.82) is 0 Å². The van der Waals surface area contributed by atoms with E-state index >= 15 is 0 Å². The maximum absolute atomic E-state index is 12.5. The molecule has 2 heterocycles. The molecule has 1 aliphatic heterocycles. The summed E-state index contributed by atoms with van der Waals surface area (Å²) < 4.78 is 23.4. The van der Waals surface area contributed by atoms with Gasteiger partial charge in [0.25, 0.3) is 5.91 Å². The van der Waals surface area contributed by atoms with Crippen LogP contribution in [0, 0.1) is 6.92 Å². The summed E-state index contributed by atoms with van der Waals surface area (Å²) in [5, 5.41) is 2.85. The molecule has 0 unspecified atom stereocenters.